The molecule has 0 saturated carbocycles. The summed E-state index contributed by atoms with van der Waals surface area (Å²) in [4.78, 5) is 0. The van der Waals surface area contributed by atoms with Gasteiger partial charge in [0.25, 0.3) is 0 Å². The van der Waals surface area contributed by atoms with Crippen LogP contribution in [0, 0.1) is 19.7 Å². The number of rotatable bonds is 4. The van der Waals surface area contributed by atoms with E-state index in [1.807, 2.05) is 19.9 Å². The van der Waals surface area contributed by atoms with Crippen LogP contribution in [0.15, 0.2) is 27.2 Å². The van der Waals surface area contributed by atoms with Gasteiger partial charge in [0.2, 0.25) is 0 Å². The summed E-state index contributed by atoms with van der Waals surface area (Å²) in [6, 6.07) is 5.11. The minimum atomic E-state index is -0.244. The van der Waals surface area contributed by atoms with Crippen LogP contribution in [0.3, 0.4) is 0 Å². The average Bonchev–Trinajstić information content (AvgIpc) is 2.65. The minimum Gasteiger partial charge on any atom is -0.361 e. The SMILES string of the molecule is Cc1noc(C)c1CNCc1ccc(Br)c(F)c1. The zero-order valence-electron chi connectivity index (χ0n) is 10.3. The molecule has 0 atom stereocenters. The molecule has 0 amide bonds. The van der Waals surface area contributed by atoms with Crippen molar-refractivity contribution in [2.75, 3.05) is 0 Å². The Bertz CT molecular complexity index is 534. The number of hydrogen-bond donors (Lipinski definition) is 1. The summed E-state index contributed by atoms with van der Waals surface area (Å²) >= 11 is 3.13. The first-order valence-electron chi connectivity index (χ1n) is 5.64. The van der Waals surface area contributed by atoms with Gasteiger partial charge in [0.05, 0.1) is 10.2 Å². The van der Waals surface area contributed by atoms with Crippen LogP contribution in [0.2, 0.25) is 0 Å². The molecule has 0 unspecified atom stereocenters. The van der Waals surface area contributed by atoms with E-state index in [2.05, 4.69) is 26.4 Å². The van der Waals surface area contributed by atoms with Crippen LogP contribution < -0.4 is 5.32 Å². The third-order valence-electron chi connectivity index (χ3n) is 2.80. The lowest BCUT2D eigenvalue weighted by Gasteiger charge is -2.05. The Balaban J connectivity index is 1.94. The van der Waals surface area contributed by atoms with E-state index in [9.17, 15) is 4.39 Å². The van der Waals surface area contributed by atoms with Crippen LogP contribution >= 0.6 is 15.9 Å². The number of aromatic nitrogens is 1. The van der Waals surface area contributed by atoms with Crippen molar-refractivity contribution in [1.82, 2.24) is 10.5 Å². The van der Waals surface area contributed by atoms with Gasteiger partial charge in [-0.15, -0.1) is 0 Å². The number of benzene rings is 1. The predicted octanol–water partition coefficient (Wildman–Crippen LogP) is 3.48. The molecule has 2 rings (SSSR count). The van der Waals surface area contributed by atoms with Gasteiger partial charge in [0.15, 0.2) is 0 Å². The molecule has 3 nitrogen and oxygen atoms in total. The Morgan fingerprint density at radius 1 is 1.33 bits per heavy atom. The molecule has 1 aromatic heterocycles. The van der Waals surface area contributed by atoms with Crippen LogP contribution in [-0.4, -0.2) is 5.16 Å². The molecule has 0 aliphatic rings. The van der Waals surface area contributed by atoms with Gasteiger partial charge in [0.1, 0.15) is 11.6 Å². The molecule has 0 aliphatic heterocycles. The summed E-state index contributed by atoms with van der Waals surface area (Å²) in [5.74, 6) is 0.577. The van der Waals surface area contributed by atoms with E-state index >= 15 is 0 Å². The van der Waals surface area contributed by atoms with Gasteiger partial charge in [-0.1, -0.05) is 11.2 Å². The predicted molar refractivity (Wildman–Crippen MR) is 70.6 cm³/mol. The largest absolute Gasteiger partial charge is 0.361 e. The number of nitrogens with one attached hydrogen (secondary N) is 1. The smallest absolute Gasteiger partial charge is 0.138 e. The molecule has 2 aromatic rings. The van der Waals surface area contributed by atoms with Gasteiger partial charge in [-0.05, 0) is 47.5 Å². The van der Waals surface area contributed by atoms with Crippen LogP contribution in [0.5, 0.6) is 0 Å². The molecule has 0 radical (unpaired) electrons. The third kappa shape index (κ3) is 2.97. The Morgan fingerprint density at radius 2 is 2.11 bits per heavy atom. The van der Waals surface area contributed by atoms with Crippen molar-refractivity contribution >= 4 is 15.9 Å². The zero-order valence-corrected chi connectivity index (χ0v) is 11.8. The Hall–Kier alpha value is -1.20. The first-order valence-corrected chi connectivity index (χ1v) is 6.43. The molecule has 96 valence electrons. The van der Waals surface area contributed by atoms with Gasteiger partial charge >= 0.3 is 0 Å². The molecule has 1 N–H and O–H groups in total. The minimum absolute atomic E-state index is 0.244. The van der Waals surface area contributed by atoms with E-state index in [1.165, 1.54) is 6.07 Å². The van der Waals surface area contributed by atoms with Gasteiger partial charge in [-0.2, -0.15) is 0 Å². The van der Waals surface area contributed by atoms with E-state index < -0.39 is 0 Å². The van der Waals surface area contributed by atoms with Crippen molar-refractivity contribution in [2.45, 2.75) is 26.9 Å². The maximum absolute atomic E-state index is 13.3. The molecule has 5 heteroatoms. The summed E-state index contributed by atoms with van der Waals surface area (Å²) < 4.78 is 18.9. The highest BCUT2D eigenvalue weighted by molar-refractivity contribution is 9.10. The Labute approximate surface area is 113 Å². The van der Waals surface area contributed by atoms with Gasteiger partial charge < -0.3 is 9.84 Å². The number of hydrogen-bond acceptors (Lipinski definition) is 3. The molecule has 0 saturated heterocycles. The first kappa shape index (κ1) is 13.2. The second-order valence-electron chi connectivity index (χ2n) is 4.15. The maximum atomic E-state index is 13.3. The van der Waals surface area contributed by atoms with E-state index in [4.69, 9.17) is 4.52 Å². The molecule has 18 heavy (non-hydrogen) atoms. The number of aryl methyl sites for hydroxylation is 2. The van der Waals surface area contributed by atoms with E-state index in [0.29, 0.717) is 17.6 Å². The van der Waals surface area contributed by atoms with Crippen molar-refractivity contribution in [3.05, 3.63) is 51.1 Å². The maximum Gasteiger partial charge on any atom is 0.138 e. The molecular formula is C13H14BrFN2O. The number of nitrogens with zero attached hydrogens (tertiary/aromatic N) is 1. The average molecular weight is 313 g/mol. The fourth-order valence-corrected chi connectivity index (χ4v) is 1.98. The lowest BCUT2D eigenvalue weighted by atomic mass is 10.2. The standard InChI is InChI=1S/C13H14BrFN2O/c1-8-11(9(2)18-17-8)7-16-6-10-3-4-12(14)13(15)5-10/h3-5,16H,6-7H2,1-2H3. The molecular weight excluding hydrogens is 299 g/mol. The first-order chi connectivity index (χ1) is 8.58. The normalized spacial score (nSPS) is 10.9. The van der Waals surface area contributed by atoms with E-state index in [0.717, 1.165) is 22.6 Å². The summed E-state index contributed by atoms with van der Waals surface area (Å²) in [5, 5.41) is 7.14. The molecule has 1 aromatic carbocycles. The van der Waals surface area contributed by atoms with Crippen LogP contribution in [0.1, 0.15) is 22.6 Å². The lowest BCUT2D eigenvalue weighted by Crippen LogP contribution is -2.13. The monoisotopic (exact) mass is 312 g/mol. The van der Waals surface area contributed by atoms with Crippen molar-refractivity contribution in [3.8, 4) is 0 Å². The highest BCUT2D eigenvalue weighted by atomic mass is 79.9. The fraction of sp³-hybridized carbons (Fsp3) is 0.308. The highest BCUT2D eigenvalue weighted by Crippen LogP contribution is 2.16. The second kappa shape index (κ2) is 5.63. The molecule has 0 spiro atoms. The number of halogens is 2. The quantitative estimate of drug-likeness (QED) is 0.939. The lowest BCUT2D eigenvalue weighted by molar-refractivity contribution is 0.392. The molecule has 0 aliphatic carbocycles. The van der Waals surface area contributed by atoms with Crippen molar-refractivity contribution in [3.63, 3.8) is 0 Å². The van der Waals surface area contributed by atoms with Crippen molar-refractivity contribution in [2.24, 2.45) is 0 Å². The van der Waals surface area contributed by atoms with Crippen molar-refractivity contribution < 1.29 is 8.91 Å². The Morgan fingerprint density at radius 3 is 2.72 bits per heavy atom. The van der Waals surface area contributed by atoms with Gasteiger partial charge in [-0.3, -0.25) is 0 Å². The molecule has 0 fully saturated rings. The second-order valence-corrected chi connectivity index (χ2v) is 5.01. The van der Waals surface area contributed by atoms with Gasteiger partial charge in [-0.25, -0.2) is 4.39 Å². The fourth-order valence-electron chi connectivity index (χ4n) is 1.74. The van der Waals surface area contributed by atoms with Crippen LogP contribution in [-0.2, 0) is 13.1 Å². The summed E-state index contributed by atoms with van der Waals surface area (Å²) in [6.07, 6.45) is 0. The van der Waals surface area contributed by atoms with Crippen LogP contribution in [0.25, 0.3) is 0 Å². The molecule has 1 heterocycles. The van der Waals surface area contributed by atoms with E-state index in [1.54, 1.807) is 6.07 Å². The summed E-state index contributed by atoms with van der Waals surface area (Å²) in [7, 11) is 0. The van der Waals surface area contributed by atoms with Crippen LogP contribution in [0.4, 0.5) is 4.39 Å². The van der Waals surface area contributed by atoms with Gasteiger partial charge in [0, 0.05) is 18.7 Å². The van der Waals surface area contributed by atoms with E-state index in [-0.39, 0.29) is 5.82 Å². The summed E-state index contributed by atoms with van der Waals surface area (Å²) in [5.41, 5.74) is 2.86. The third-order valence-corrected chi connectivity index (χ3v) is 3.44. The Kier molecular flexibility index (Phi) is 4.14. The van der Waals surface area contributed by atoms with Crippen molar-refractivity contribution in [1.29, 1.82) is 0 Å². The highest BCUT2D eigenvalue weighted by Gasteiger charge is 2.08. The summed E-state index contributed by atoms with van der Waals surface area (Å²) in [6.45, 7) is 5.07. The molecule has 0 bridgehead atoms. The topological polar surface area (TPSA) is 38.1 Å². The zero-order chi connectivity index (χ0) is 13.1.